The Hall–Kier alpha value is -0.0800. The van der Waals surface area contributed by atoms with E-state index in [0.29, 0.717) is 0 Å². The number of hydrogen-bond acceptors (Lipinski definition) is 1. The van der Waals surface area contributed by atoms with Crippen LogP contribution in [0.25, 0.3) is 0 Å². The third-order valence-corrected chi connectivity index (χ3v) is 2.30. The van der Waals surface area contributed by atoms with Crippen molar-refractivity contribution in [1.82, 2.24) is 0 Å². The first-order valence-corrected chi connectivity index (χ1v) is 4.08. The number of rotatable bonds is 2. The first kappa shape index (κ1) is 8.02. The molecule has 1 aliphatic rings. The summed E-state index contributed by atoms with van der Waals surface area (Å²) in [4.78, 5) is 0. The maximum Gasteiger partial charge on any atom is 0.0707 e. The molecule has 1 rings (SSSR count). The highest BCUT2D eigenvalue weighted by atomic mass is 79.9. The van der Waals surface area contributed by atoms with Crippen LogP contribution in [0.5, 0.6) is 0 Å². The lowest BCUT2D eigenvalue weighted by Gasteiger charge is -2.22. The minimum absolute atomic E-state index is 0.0521. The second-order valence-corrected chi connectivity index (χ2v) is 4.04. The topological polar surface area (TPSA) is 9.23 Å². The summed E-state index contributed by atoms with van der Waals surface area (Å²) in [6.07, 6.45) is 9.36. The Bertz CT molecular complexity index is 163. The first-order valence-electron chi connectivity index (χ1n) is 3.29. The Morgan fingerprint density at radius 2 is 2.40 bits per heavy atom. The normalized spacial score (nSPS) is 31.0. The molecule has 10 heavy (non-hydrogen) atoms. The van der Waals surface area contributed by atoms with Gasteiger partial charge < -0.3 is 4.74 Å². The lowest BCUT2D eigenvalue weighted by atomic mass is 10.0. The average molecular weight is 203 g/mol. The maximum absolute atomic E-state index is 5.05. The van der Waals surface area contributed by atoms with Gasteiger partial charge in [0.2, 0.25) is 0 Å². The lowest BCUT2D eigenvalue weighted by Crippen LogP contribution is -2.24. The van der Waals surface area contributed by atoms with Crippen molar-refractivity contribution in [3.05, 3.63) is 24.3 Å². The van der Waals surface area contributed by atoms with E-state index < -0.39 is 0 Å². The van der Waals surface area contributed by atoms with Crippen LogP contribution in [0.15, 0.2) is 24.3 Å². The van der Waals surface area contributed by atoms with Gasteiger partial charge in [-0.05, 0) is 6.42 Å². The molecule has 0 radical (unpaired) electrons. The molecule has 1 aliphatic carbocycles. The lowest BCUT2D eigenvalue weighted by molar-refractivity contribution is 0.184. The fraction of sp³-hybridized carbons (Fsp3) is 0.500. The second-order valence-electron chi connectivity index (χ2n) is 2.46. The van der Waals surface area contributed by atoms with Crippen molar-refractivity contribution < 1.29 is 4.74 Å². The van der Waals surface area contributed by atoms with Gasteiger partial charge in [0.25, 0.3) is 0 Å². The molecule has 0 bridgehead atoms. The third-order valence-electron chi connectivity index (χ3n) is 1.48. The van der Waals surface area contributed by atoms with Gasteiger partial charge in [0, 0.05) is 7.11 Å². The molecule has 56 valence electrons. The second kappa shape index (κ2) is 3.35. The Labute approximate surface area is 69.9 Å². The fourth-order valence-corrected chi connectivity index (χ4v) is 1.55. The molecule has 0 aromatic carbocycles. The monoisotopic (exact) mass is 202 g/mol. The first-order chi connectivity index (χ1) is 4.77. The summed E-state index contributed by atoms with van der Waals surface area (Å²) in [7, 11) is 1.72. The molecule has 0 N–H and O–H groups in total. The third kappa shape index (κ3) is 1.96. The molecule has 1 atom stereocenters. The van der Waals surface area contributed by atoms with Crippen molar-refractivity contribution in [2.24, 2.45) is 0 Å². The predicted molar refractivity (Wildman–Crippen MR) is 46.4 cm³/mol. The molecule has 1 nitrogen and oxygen atoms in total. The van der Waals surface area contributed by atoms with E-state index in [1.165, 1.54) is 0 Å². The Balaban J connectivity index is 2.52. The van der Waals surface area contributed by atoms with Gasteiger partial charge >= 0.3 is 0 Å². The van der Waals surface area contributed by atoms with Crippen molar-refractivity contribution in [2.75, 3.05) is 13.7 Å². The molecule has 0 saturated carbocycles. The minimum Gasteiger partial charge on any atom is -0.383 e. The van der Waals surface area contributed by atoms with Crippen LogP contribution in [0.1, 0.15) is 6.42 Å². The minimum atomic E-state index is 0.0521. The predicted octanol–water partition coefficient (Wildman–Crippen LogP) is 2.28. The van der Waals surface area contributed by atoms with Crippen LogP contribution in [-0.2, 0) is 4.74 Å². The molecule has 0 saturated heterocycles. The highest BCUT2D eigenvalue weighted by Crippen LogP contribution is 2.27. The van der Waals surface area contributed by atoms with Gasteiger partial charge in [-0.2, -0.15) is 0 Å². The van der Waals surface area contributed by atoms with E-state index in [-0.39, 0.29) is 4.32 Å². The van der Waals surface area contributed by atoms with Gasteiger partial charge in [0.05, 0.1) is 10.9 Å². The summed E-state index contributed by atoms with van der Waals surface area (Å²) < 4.78 is 5.10. The average Bonchev–Trinajstić information content (AvgIpc) is 1.89. The van der Waals surface area contributed by atoms with E-state index in [1.807, 2.05) is 6.08 Å². The van der Waals surface area contributed by atoms with Gasteiger partial charge in [-0.25, -0.2) is 0 Å². The molecule has 0 amide bonds. The summed E-state index contributed by atoms with van der Waals surface area (Å²) in [6, 6.07) is 0. The van der Waals surface area contributed by atoms with Gasteiger partial charge in [0.1, 0.15) is 0 Å². The van der Waals surface area contributed by atoms with Crippen LogP contribution < -0.4 is 0 Å². The molecule has 1 unspecified atom stereocenters. The molecular formula is C8H11BrO. The molecule has 2 heteroatoms. The number of hydrogen-bond donors (Lipinski definition) is 0. The smallest absolute Gasteiger partial charge is 0.0707 e. The van der Waals surface area contributed by atoms with Gasteiger partial charge in [-0.1, -0.05) is 40.2 Å². The van der Waals surface area contributed by atoms with Crippen molar-refractivity contribution in [3.8, 4) is 0 Å². The Morgan fingerprint density at radius 1 is 1.60 bits per heavy atom. The largest absolute Gasteiger partial charge is 0.383 e. The Kier molecular flexibility index (Phi) is 2.69. The van der Waals surface area contributed by atoms with E-state index in [1.54, 1.807) is 7.11 Å². The van der Waals surface area contributed by atoms with Gasteiger partial charge in [-0.15, -0.1) is 0 Å². The highest BCUT2D eigenvalue weighted by Gasteiger charge is 2.22. The quantitative estimate of drug-likeness (QED) is 0.625. The van der Waals surface area contributed by atoms with E-state index in [0.717, 1.165) is 13.0 Å². The van der Waals surface area contributed by atoms with Crippen LogP contribution in [-0.4, -0.2) is 18.0 Å². The summed E-state index contributed by atoms with van der Waals surface area (Å²) in [5.74, 6) is 0. The van der Waals surface area contributed by atoms with Crippen LogP contribution in [0.4, 0.5) is 0 Å². The molecule has 0 fully saturated rings. The fourth-order valence-electron chi connectivity index (χ4n) is 0.986. The number of alkyl halides is 1. The van der Waals surface area contributed by atoms with E-state index in [4.69, 9.17) is 4.74 Å². The van der Waals surface area contributed by atoms with Crippen molar-refractivity contribution in [1.29, 1.82) is 0 Å². The summed E-state index contributed by atoms with van der Waals surface area (Å²) in [5, 5.41) is 0. The number of halogens is 1. The van der Waals surface area contributed by atoms with Gasteiger partial charge in [-0.3, -0.25) is 0 Å². The standard InChI is InChI=1S/C8H11BrO/c1-10-7-8(9)5-3-2-4-6-8/h2-5H,6-7H2,1H3. The molecule has 0 aromatic heterocycles. The van der Waals surface area contributed by atoms with Gasteiger partial charge in [0.15, 0.2) is 0 Å². The summed E-state index contributed by atoms with van der Waals surface area (Å²) >= 11 is 3.59. The molecule has 0 aromatic rings. The summed E-state index contributed by atoms with van der Waals surface area (Å²) in [6.45, 7) is 0.730. The summed E-state index contributed by atoms with van der Waals surface area (Å²) in [5.41, 5.74) is 0. The van der Waals surface area contributed by atoms with Crippen molar-refractivity contribution in [2.45, 2.75) is 10.7 Å². The van der Waals surface area contributed by atoms with Crippen LogP contribution in [0.3, 0.4) is 0 Å². The van der Waals surface area contributed by atoms with Crippen molar-refractivity contribution >= 4 is 15.9 Å². The molecular weight excluding hydrogens is 192 g/mol. The van der Waals surface area contributed by atoms with Crippen LogP contribution >= 0.6 is 15.9 Å². The number of ether oxygens (including phenoxy) is 1. The van der Waals surface area contributed by atoms with E-state index in [9.17, 15) is 0 Å². The zero-order chi connectivity index (χ0) is 7.45. The highest BCUT2D eigenvalue weighted by molar-refractivity contribution is 9.10. The SMILES string of the molecule is COCC1(Br)C=CC=CC1. The number of allylic oxidation sites excluding steroid dienone is 3. The van der Waals surface area contributed by atoms with E-state index in [2.05, 4.69) is 34.2 Å². The van der Waals surface area contributed by atoms with Crippen LogP contribution in [0.2, 0.25) is 0 Å². The van der Waals surface area contributed by atoms with Crippen LogP contribution in [0, 0.1) is 0 Å². The zero-order valence-corrected chi connectivity index (χ0v) is 7.60. The zero-order valence-electron chi connectivity index (χ0n) is 6.01. The molecule has 0 heterocycles. The van der Waals surface area contributed by atoms with E-state index >= 15 is 0 Å². The molecule has 0 spiro atoms. The maximum atomic E-state index is 5.05. The van der Waals surface area contributed by atoms with Crippen molar-refractivity contribution in [3.63, 3.8) is 0 Å². The number of methoxy groups -OCH3 is 1. The Morgan fingerprint density at radius 3 is 2.90 bits per heavy atom. The molecule has 0 aliphatic heterocycles.